The second-order valence-corrected chi connectivity index (χ2v) is 5.57. The number of carboxylic acids is 1. The van der Waals surface area contributed by atoms with E-state index in [0.717, 1.165) is 0 Å². The first-order valence-corrected chi connectivity index (χ1v) is 8.51. The van der Waals surface area contributed by atoms with Gasteiger partial charge >= 0.3 is 69.3 Å². The van der Waals surface area contributed by atoms with E-state index in [1.54, 1.807) is 0 Å². The Bertz CT molecular complexity index is 562. The average Bonchev–Trinajstić information content (AvgIpc) is 2.36. The number of nitrogens with two attached hydrogens (primary N) is 2. The molecule has 0 bridgehead atoms. The number of carboxylic acid groups (broad SMARTS) is 1. The van der Waals surface area contributed by atoms with Crippen molar-refractivity contribution in [1.82, 2.24) is 0 Å². The van der Waals surface area contributed by atoms with Crippen molar-refractivity contribution in [3.8, 4) is 0 Å². The Kier molecular flexibility index (Phi) is 28.8. The fourth-order valence-electron chi connectivity index (χ4n) is 0.538. The molecule has 21 heteroatoms. The first kappa shape index (κ1) is 37.7. The first-order valence-electron chi connectivity index (χ1n) is 5.08. The van der Waals surface area contributed by atoms with Gasteiger partial charge in [0.15, 0.2) is 12.3 Å². The molecule has 0 aromatic heterocycles. The van der Waals surface area contributed by atoms with Crippen LogP contribution in [0.15, 0.2) is 0 Å². The summed E-state index contributed by atoms with van der Waals surface area (Å²) in [6, 6.07) is -0.813. The van der Waals surface area contributed by atoms with Crippen molar-refractivity contribution in [3.63, 3.8) is 0 Å². The normalized spacial score (nSPS) is 11.9. The zero-order chi connectivity index (χ0) is 20.7. The topological polar surface area (TPSA) is 280 Å². The van der Waals surface area contributed by atoms with Gasteiger partial charge < -0.3 is 29.5 Å². The van der Waals surface area contributed by atoms with Gasteiger partial charge in [-0.25, -0.2) is 0 Å². The molecular weight excluding hydrogens is 499 g/mol. The zero-order valence-electron chi connectivity index (χ0n) is 12.1. The number of hydrogen-bond donors (Lipinski definition) is 6. The summed E-state index contributed by atoms with van der Waals surface area (Å²) in [5, 5.41) is 8.24. The Hall–Kier alpha value is -0.0605. The summed E-state index contributed by atoms with van der Waals surface area (Å²) >= 11 is 0.0672. The van der Waals surface area contributed by atoms with Crippen molar-refractivity contribution in [3.05, 3.63) is 0 Å². The SMILES string of the molecule is NC(CC(=O)O)C(N)OSO.O=COS(=O)(=O)O.O=COS(=O)(=O)O.[Fe].[NaH]. The fraction of sp³-hybridized carbons (Fsp3) is 0.500. The minimum absolute atomic E-state index is 0. The van der Waals surface area contributed by atoms with E-state index in [9.17, 15) is 21.6 Å². The Morgan fingerprint density at radius 3 is 1.52 bits per heavy atom. The van der Waals surface area contributed by atoms with E-state index in [1.807, 2.05) is 0 Å². The van der Waals surface area contributed by atoms with Crippen LogP contribution < -0.4 is 11.5 Å². The van der Waals surface area contributed by atoms with Gasteiger partial charge in [-0.3, -0.25) is 27.7 Å². The molecule has 0 rings (SSSR count). The van der Waals surface area contributed by atoms with Crippen LogP contribution in [-0.4, -0.2) is 96.3 Å². The van der Waals surface area contributed by atoms with Gasteiger partial charge in [0.25, 0.3) is 0 Å². The van der Waals surface area contributed by atoms with Gasteiger partial charge in [-0.2, -0.15) is 16.8 Å². The molecule has 16 nitrogen and oxygen atoms in total. The van der Waals surface area contributed by atoms with Gasteiger partial charge in [0.05, 0.1) is 12.5 Å². The fourth-order valence-corrected chi connectivity index (χ4v) is 0.979. The number of carbonyl (C=O) groups is 3. The van der Waals surface area contributed by atoms with Crippen molar-refractivity contribution in [1.29, 1.82) is 0 Å². The average molecular weight is 514 g/mol. The van der Waals surface area contributed by atoms with Crippen molar-refractivity contribution in [2.75, 3.05) is 0 Å². The summed E-state index contributed by atoms with van der Waals surface area (Å²) in [5.41, 5.74) is 10.4. The molecule has 27 heavy (non-hydrogen) atoms. The van der Waals surface area contributed by atoms with Crippen LogP contribution in [0.25, 0.3) is 0 Å². The third-order valence-electron chi connectivity index (χ3n) is 1.31. The van der Waals surface area contributed by atoms with Crippen LogP contribution in [-0.2, 0) is 64.8 Å². The van der Waals surface area contributed by atoms with Gasteiger partial charge in [-0.1, -0.05) is 0 Å². The van der Waals surface area contributed by atoms with E-state index in [2.05, 4.69) is 12.5 Å². The summed E-state index contributed by atoms with van der Waals surface area (Å²) in [4.78, 5) is 28.2. The summed E-state index contributed by atoms with van der Waals surface area (Å²) in [5.74, 6) is -1.06. The molecule has 2 unspecified atom stereocenters. The Morgan fingerprint density at radius 1 is 1.04 bits per heavy atom. The molecule has 0 amide bonds. The Morgan fingerprint density at radius 2 is 1.37 bits per heavy atom. The molecule has 0 spiro atoms. The molecule has 8 N–H and O–H groups in total. The van der Waals surface area contributed by atoms with E-state index in [1.165, 1.54) is 0 Å². The molecule has 0 aliphatic carbocycles. The van der Waals surface area contributed by atoms with E-state index >= 15 is 0 Å². The van der Waals surface area contributed by atoms with E-state index in [0.29, 0.717) is 0 Å². The van der Waals surface area contributed by atoms with E-state index in [-0.39, 0.29) is 78.3 Å². The monoisotopic (exact) mass is 514 g/mol. The molecule has 0 aliphatic rings. The molecule has 0 aliphatic heterocycles. The van der Waals surface area contributed by atoms with Crippen LogP contribution >= 0.6 is 12.3 Å². The van der Waals surface area contributed by atoms with Crippen LogP contribution in [0, 0.1) is 0 Å². The predicted molar refractivity (Wildman–Crippen MR) is 84.1 cm³/mol. The van der Waals surface area contributed by atoms with Crippen molar-refractivity contribution in [2.45, 2.75) is 18.7 Å². The van der Waals surface area contributed by atoms with Gasteiger partial charge in [-0.05, 0) is 0 Å². The summed E-state index contributed by atoms with van der Waals surface area (Å²) in [6.07, 6.45) is -1.26. The van der Waals surface area contributed by atoms with Crippen LogP contribution in [0.2, 0.25) is 0 Å². The molecule has 0 fully saturated rings. The van der Waals surface area contributed by atoms with Crippen LogP contribution in [0.1, 0.15) is 6.42 Å². The first-order chi connectivity index (χ1) is 11.2. The maximum absolute atomic E-state index is 10.1. The third-order valence-corrected chi connectivity index (χ3v) is 2.26. The van der Waals surface area contributed by atoms with Crippen LogP contribution in [0.3, 0.4) is 0 Å². The summed E-state index contributed by atoms with van der Waals surface area (Å²) in [6.45, 7) is -0.759. The minimum atomic E-state index is -4.54. The standard InChI is InChI=1S/C4H10N2O4S.2CH2O5S.Fe.Na.H/c5-2(1-3(7)8)4(6)10-11-9;2*2-1-6-7(3,4)5;;;/h2,4,9H,1,5-6H2,(H,7,8);2*1H,(H,3,4,5);;;. The molecule has 0 radical (unpaired) electrons. The second kappa shape index (κ2) is 20.7. The molecule has 0 saturated carbocycles. The van der Waals surface area contributed by atoms with E-state index < -0.39 is 39.0 Å². The Labute approximate surface area is 190 Å². The predicted octanol–water partition coefficient (Wildman–Crippen LogP) is -3.52. The van der Waals surface area contributed by atoms with Crippen molar-refractivity contribution >= 4 is 81.6 Å². The van der Waals surface area contributed by atoms with Crippen molar-refractivity contribution in [2.24, 2.45) is 11.5 Å². The molecule has 0 heterocycles. The van der Waals surface area contributed by atoms with Gasteiger partial charge in [0.2, 0.25) is 0 Å². The van der Waals surface area contributed by atoms with Crippen LogP contribution in [0.5, 0.6) is 0 Å². The summed E-state index contributed by atoms with van der Waals surface area (Å²) < 4.78 is 71.1. The molecular formula is C6H15FeN2NaO14S3. The molecule has 2 atom stereocenters. The van der Waals surface area contributed by atoms with Gasteiger partial charge in [0.1, 0.15) is 6.23 Å². The number of carbonyl (C=O) groups excluding carboxylic acids is 2. The number of rotatable bonds is 9. The molecule has 0 aromatic rings. The third kappa shape index (κ3) is 41.4. The second-order valence-electron chi connectivity index (χ2n) is 3.14. The van der Waals surface area contributed by atoms with E-state index in [4.69, 9.17) is 39.8 Å². The van der Waals surface area contributed by atoms with Gasteiger partial charge in [-0.15, -0.1) is 0 Å². The molecule has 160 valence electrons. The number of hydrogen-bond acceptors (Lipinski definition) is 14. The van der Waals surface area contributed by atoms with Crippen LogP contribution in [0.4, 0.5) is 0 Å². The summed E-state index contributed by atoms with van der Waals surface area (Å²) in [7, 11) is -9.08. The Balaban J connectivity index is -0.0000000898. The van der Waals surface area contributed by atoms with Crippen molar-refractivity contribution < 1.29 is 79.6 Å². The molecule has 0 aromatic carbocycles. The number of aliphatic carboxylic acids is 1. The van der Waals surface area contributed by atoms with Gasteiger partial charge in [0, 0.05) is 17.1 Å². The zero-order valence-corrected chi connectivity index (χ0v) is 15.7. The quantitative estimate of drug-likeness (QED) is 0.0571. The maximum atomic E-state index is 10.1. The molecule has 0 saturated heterocycles.